The molecule has 188 valence electrons. The van der Waals surface area contributed by atoms with Crippen LogP contribution < -0.4 is 5.32 Å². The zero-order valence-corrected chi connectivity index (χ0v) is 22.0. The van der Waals surface area contributed by atoms with Crippen LogP contribution in [-0.4, -0.2) is 41.5 Å². The van der Waals surface area contributed by atoms with E-state index >= 15 is 0 Å². The first-order valence-electron chi connectivity index (χ1n) is 12.8. The summed E-state index contributed by atoms with van der Waals surface area (Å²) in [5.74, 6) is 0.269. The molecule has 2 saturated carbocycles. The molecule has 2 fully saturated rings. The first kappa shape index (κ1) is 25.7. The lowest BCUT2D eigenvalue weighted by Gasteiger charge is -2.38. The summed E-state index contributed by atoms with van der Waals surface area (Å²) in [4.78, 5) is 28.1. The van der Waals surface area contributed by atoms with E-state index in [1.807, 2.05) is 52.1 Å². The van der Waals surface area contributed by atoms with Gasteiger partial charge in [-0.2, -0.15) is 0 Å². The molecule has 0 saturated heterocycles. The maximum Gasteiger partial charge on any atom is 0.338 e. The molecule has 0 radical (unpaired) electrons. The molecule has 1 amide bonds. The van der Waals surface area contributed by atoms with Gasteiger partial charge in [0.05, 0.1) is 5.56 Å². The van der Waals surface area contributed by atoms with Crippen molar-refractivity contribution in [1.29, 1.82) is 0 Å². The molecule has 2 aliphatic rings. The van der Waals surface area contributed by atoms with E-state index in [4.69, 9.17) is 16.3 Å². The van der Waals surface area contributed by atoms with E-state index in [0.717, 1.165) is 49.7 Å². The van der Waals surface area contributed by atoms with E-state index in [0.29, 0.717) is 29.1 Å². The molecule has 0 heterocycles. The van der Waals surface area contributed by atoms with Gasteiger partial charge in [0.2, 0.25) is 0 Å². The number of nitrogens with one attached hydrogen (secondary N) is 1. The fraction of sp³-hybridized carbons (Fsp3) is 0.517. The van der Waals surface area contributed by atoms with Crippen molar-refractivity contribution in [3.8, 4) is 0 Å². The minimum absolute atomic E-state index is 0.130. The number of hydrogen-bond acceptors (Lipinski definition) is 4. The van der Waals surface area contributed by atoms with Gasteiger partial charge in [0, 0.05) is 29.2 Å². The maximum absolute atomic E-state index is 13.4. The van der Waals surface area contributed by atoms with Gasteiger partial charge in [-0.15, -0.1) is 0 Å². The van der Waals surface area contributed by atoms with Crippen LogP contribution in [0, 0.1) is 0 Å². The van der Waals surface area contributed by atoms with Gasteiger partial charge in [-0.25, -0.2) is 4.79 Å². The van der Waals surface area contributed by atoms with E-state index in [1.54, 1.807) is 12.1 Å². The lowest BCUT2D eigenvalue weighted by molar-refractivity contribution is 0.00692. The molecule has 4 rings (SSSR count). The van der Waals surface area contributed by atoms with Crippen LogP contribution in [0.15, 0.2) is 42.5 Å². The number of hydrogen-bond donors (Lipinski definition) is 1. The van der Waals surface area contributed by atoms with Crippen LogP contribution in [0.2, 0.25) is 5.02 Å². The van der Waals surface area contributed by atoms with Crippen molar-refractivity contribution >= 4 is 23.5 Å². The Morgan fingerprint density at radius 3 is 2.06 bits per heavy atom. The van der Waals surface area contributed by atoms with Crippen molar-refractivity contribution in [2.24, 2.45) is 0 Å². The summed E-state index contributed by atoms with van der Waals surface area (Å²) in [7, 11) is 1.93. The van der Waals surface area contributed by atoms with Crippen molar-refractivity contribution in [3.63, 3.8) is 0 Å². The number of amides is 1. The van der Waals surface area contributed by atoms with Gasteiger partial charge < -0.3 is 15.0 Å². The van der Waals surface area contributed by atoms with Crippen molar-refractivity contribution in [2.75, 3.05) is 7.05 Å². The van der Waals surface area contributed by atoms with Crippen molar-refractivity contribution < 1.29 is 14.3 Å². The molecule has 35 heavy (non-hydrogen) atoms. The predicted molar refractivity (Wildman–Crippen MR) is 140 cm³/mol. The Bertz CT molecular complexity index is 1050. The minimum atomic E-state index is -0.520. The Kier molecular flexibility index (Phi) is 7.87. The van der Waals surface area contributed by atoms with Crippen LogP contribution >= 0.6 is 11.6 Å². The number of carbonyl (C=O) groups is 2. The molecule has 5 nitrogen and oxygen atoms in total. The lowest BCUT2D eigenvalue weighted by Crippen LogP contribution is -2.43. The van der Waals surface area contributed by atoms with Crippen LogP contribution in [-0.2, 0) is 11.3 Å². The zero-order chi connectivity index (χ0) is 25.2. The SMILES string of the molecule is CNCc1cc(C(=O)OC(C)(C)C)ccc1C1CCC(N(C(=O)c2ccc(Cl)cc2)C2CC2)CC1. The lowest BCUT2D eigenvalue weighted by atomic mass is 9.79. The molecule has 2 aliphatic carbocycles. The van der Waals surface area contributed by atoms with Crippen molar-refractivity contribution in [2.45, 2.75) is 89.4 Å². The quantitative estimate of drug-likeness (QED) is 0.454. The van der Waals surface area contributed by atoms with Gasteiger partial charge in [0.1, 0.15) is 5.60 Å². The standard InChI is InChI=1S/C29H37ClN2O3/c1-29(2,3)35-28(34)21-9-16-26(22(17-21)18-31-4)19-7-12-24(13-8-19)32(25-14-15-25)27(33)20-5-10-23(30)11-6-20/h5-6,9-11,16-17,19,24-25,31H,7-8,12-15,18H2,1-4H3. The fourth-order valence-electron chi connectivity index (χ4n) is 5.20. The zero-order valence-electron chi connectivity index (χ0n) is 21.3. The third-order valence-corrected chi connectivity index (χ3v) is 7.19. The molecule has 0 atom stereocenters. The number of halogens is 1. The monoisotopic (exact) mass is 496 g/mol. The Hall–Kier alpha value is -2.37. The second-order valence-corrected chi connectivity index (χ2v) is 11.3. The van der Waals surface area contributed by atoms with Gasteiger partial charge in [-0.05, 0) is 120 Å². The first-order chi connectivity index (χ1) is 16.7. The number of benzene rings is 2. The highest BCUT2D eigenvalue weighted by Gasteiger charge is 2.39. The van der Waals surface area contributed by atoms with Crippen molar-refractivity contribution in [1.82, 2.24) is 10.2 Å². The first-order valence-corrected chi connectivity index (χ1v) is 13.1. The third-order valence-electron chi connectivity index (χ3n) is 6.94. The predicted octanol–water partition coefficient (Wildman–Crippen LogP) is 6.35. The topological polar surface area (TPSA) is 58.6 Å². The molecule has 0 bridgehead atoms. The van der Waals surface area contributed by atoms with Gasteiger partial charge in [0.15, 0.2) is 0 Å². The van der Waals surface area contributed by atoms with Gasteiger partial charge in [0.25, 0.3) is 5.91 Å². The summed E-state index contributed by atoms with van der Waals surface area (Å²) in [6.07, 6.45) is 6.24. The third kappa shape index (κ3) is 6.45. The van der Waals surface area contributed by atoms with Gasteiger partial charge in [-0.1, -0.05) is 17.7 Å². The summed E-state index contributed by atoms with van der Waals surface area (Å²) in [6.45, 7) is 6.35. The highest BCUT2D eigenvalue weighted by Crippen LogP contribution is 2.40. The van der Waals surface area contributed by atoms with E-state index in [-0.39, 0.29) is 17.9 Å². The molecular weight excluding hydrogens is 460 g/mol. The van der Waals surface area contributed by atoms with Crippen LogP contribution in [0.4, 0.5) is 0 Å². The number of rotatable bonds is 7. The van der Waals surface area contributed by atoms with E-state index in [9.17, 15) is 9.59 Å². The van der Waals surface area contributed by atoms with E-state index in [2.05, 4.69) is 16.3 Å². The second kappa shape index (κ2) is 10.7. The molecule has 0 aromatic heterocycles. The normalized spacial score (nSPS) is 20.4. The van der Waals surface area contributed by atoms with Gasteiger partial charge in [-0.3, -0.25) is 4.79 Å². The smallest absolute Gasteiger partial charge is 0.338 e. The van der Waals surface area contributed by atoms with E-state index in [1.165, 1.54) is 5.56 Å². The van der Waals surface area contributed by atoms with Crippen LogP contribution in [0.1, 0.15) is 97.1 Å². The molecule has 0 unspecified atom stereocenters. The number of ether oxygens (including phenoxy) is 1. The van der Waals surface area contributed by atoms with Crippen LogP contribution in [0.3, 0.4) is 0 Å². The second-order valence-electron chi connectivity index (χ2n) is 10.9. The average molecular weight is 497 g/mol. The number of carbonyl (C=O) groups excluding carboxylic acids is 2. The highest BCUT2D eigenvalue weighted by atomic mass is 35.5. The molecule has 6 heteroatoms. The Morgan fingerprint density at radius 2 is 1.51 bits per heavy atom. The average Bonchev–Trinajstić information content (AvgIpc) is 3.64. The highest BCUT2D eigenvalue weighted by molar-refractivity contribution is 6.30. The van der Waals surface area contributed by atoms with Crippen LogP contribution in [0.25, 0.3) is 0 Å². The largest absolute Gasteiger partial charge is 0.456 e. The van der Waals surface area contributed by atoms with E-state index < -0.39 is 5.60 Å². The Balaban J connectivity index is 1.46. The molecule has 1 N–H and O–H groups in total. The summed E-state index contributed by atoms with van der Waals surface area (Å²) < 4.78 is 5.57. The molecule has 0 spiro atoms. The summed E-state index contributed by atoms with van der Waals surface area (Å²) >= 11 is 6.03. The summed E-state index contributed by atoms with van der Waals surface area (Å²) in [6, 6.07) is 13.9. The molecule has 0 aliphatic heterocycles. The van der Waals surface area contributed by atoms with Gasteiger partial charge >= 0.3 is 5.97 Å². The Labute approximate surface area is 214 Å². The summed E-state index contributed by atoms with van der Waals surface area (Å²) in [5, 5.41) is 3.90. The number of nitrogens with zero attached hydrogens (tertiary/aromatic N) is 1. The minimum Gasteiger partial charge on any atom is -0.456 e. The van der Waals surface area contributed by atoms with Crippen molar-refractivity contribution in [3.05, 3.63) is 69.7 Å². The molecule has 2 aromatic carbocycles. The fourth-order valence-corrected chi connectivity index (χ4v) is 5.33. The maximum atomic E-state index is 13.4. The Morgan fingerprint density at radius 1 is 0.943 bits per heavy atom. The summed E-state index contributed by atoms with van der Waals surface area (Å²) in [5.41, 5.74) is 3.24. The number of esters is 1. The molecular formula is C29H37ClN2O3. The molecule has 2 aromatic rings. The van der Waals surface area contributed by atoms with Crippen LogP contribution in [0.5, 0.6) is 0 Å².